The summed E-state index contributed by atoms with van der Waals surface area (Å²) in [6.45, 7) is 13.8. The SMILES string of the molecule is C=Cc1ccccc1N(Cc1ccccc1C)C(C)(C)C. The lowest BCUT2D eigenvalue weighted by Gasteiger charge is -2.39. The van der Waals surface area contributed by atoms with Gasteiger partial charge >= 0.3 is 0 Å². The maximum atomic E-state index is 3.95. The Labute approximate surface area is 128 Å². The van der Waals surface area contributed by atoms with Crippen molar-refractivity contribution in [3.63, 3.8) is 0 Å². The Balaban J connectivity index is 2.45. The van der Waals surface area contributed by atoms with Crippen molar-refractivity contribution in [1.29, 1.82) is 0 Å². The number of anilines is 1. The van der Waals surface area contributed by atoms with Crippen LogP contribution in [0.25, 0.3) is 6.08 Å². The van der Waals surface area contributed by atoms with E-state index in [4.69, 9.17) is 0 Å². The lowest BCUT2D eigenvalue weighted by Crippen LogP contribution is -2.41. The van der Waals surface area contributed by atoms with E-state index in [0.29, 0.717) is 0 Å². The summed E-state index contributed by atoms with van der Waals surface area (Å²) in [5.74, 6) is 0. The van der Waals surface area contributed by atoms with Crippen molar-refractivity contribution >= 4 is 11.8 Å². The topological polar surface area (TPSA) is 3.24 Å². The van der Waals surface area contributed by atoms with Gasteiger partial charge in [0.15, 0.2) is 0 Å². The highest BCUT2D eigenvalue weighted by atomic mass is 15.2. The lowest BCUT2D eigenvalue weighted by atomic mass is 9.99. The Hall–Kier alpha value is -2.02. The predicted octanol–water partition coefficient (Wildman–Crippen LogP) is 5.44. The van der Waals surface area contributed by atoms with E-state index in [9.17, 15) is 0 Å². The monoisotopic (exact) mass is 279 g/mol. The number of hydrogen-bond acceptors (Lipinski definition) is 1. The third kappa shape index (κ3) is 3.55. The Morgan fingerprint density at radius 2 is 1.62 bits per heavy atom. The van der Waals surface area contributed by atoms with Crippen molar-refractivity contribution in [3.05, 3.63) is 71.8 Å². The normalized spacial score (nSPS) is 11.2. The molecule has 2 rings (SSSR count). The summed E-state index contributed by atoms with van der Waals surface area (Å²) in [5.41, 5.74) is 5.17. The summed E-state index contributed by atoms with van der Waals surface area (Å²) in [4.78, 5) is 2.45. The largest absolute Gasteiger partial charge is 0.362 e. The number of para-hydroxylation sites is 1. The van der Waals surface area contributed by atoms with Crippen molar-refractivity contribution in [2.24, 2.45) is 0 Å². The lowest BCUT2D eigenvalue weighted by molar-refractivity contribution is 0.500. The highest BCUT2D eigenvalue weighted by Gasteiger charge is 2.23. The molecule has 0 N–H and O–H groups in total. The van der Waals surface area contributed by atoms with Crippen LogP contribution in [0.3, 0.4) is 0 Å². The zero-order chi connectivity index (χ0) is 15.5. The smallest absolute Gasteiger partial charge is 0.0446 e. The second-order valence-electron chi connectivity index (χ2n) is 6.45. The van der Waals surface area contributed by atoms with Crippen LogP contribution < -0.4 is 4.90 Å². The number of hydrogen-bond donors (Lipinski definition) is 0. The molecule has 0 radical (unpaired) electrons. The van der Waals surface area contributed by atoms with Crippen LogP contribution in [0.1, 0.15) is 37.5 Å². The second-order valence-corrected chi connectivity index (χ2v) is 6.45. The van der Waals surface area contributed by atoms with Crippen LogP contribution in [0.2, 0.25) is 0 Å². The first kappa shape index (κ1) is 15.4. The first-order valence-corrected chi connectivity index (χ1v) is 7.47. The minimum atomic E-state index is 0.0431. The minimum Gasteiger partial charge on any atom is -0.362 e. The van der Waals surface area contributed by atoms with E-state index in [-0.39, 0.29) is 5.54 Å². The van der Waals surface area contributed by atoms with E-state index in [1.807, 2.05) is 6.08 Å². The summed E-state index contributed by atoms with van der Waals surface area (Å²) in [7, 11) is 0. The van der Waals surface area contributed by atoms with Crippen molar-refractivity contribution in [2.45, 2.75) is 39.8 Å². The maximum Gasteiger partial charge on any atom is 0.0446 e. The van der Waals surface area contributed by atoms with Gasteiger partial charge in [-0.05, 0) is 50.5 Å². The molecule has 1 nitrogen and oxygen atoms in total. The van der Waals surface area contributed by atoms with Crippen LogP contribution in [0.15, 0.2) is 55.1 Å². The van der Waals surface area contributed by atoms with Crippen LogP contribution in [-0.4, -0.2) is 5.54 Å². The number of benzene rings is 2. The standard InChI is InChI=1S/C20H25N/c1-6-17-12-9-10-14-19(17)21(20(3,4)5)15-18-13-8-7-11-16(18)2/h6-14H,1,15H2,2-5H3. The Bertz CT molecular complexity index is 620. The second kappa shape index (κ2) is 6.17. The zero-order valence-electron chi connectivity index (χ0n) is 13.6. The van der Waals surface area contributed by atoms with Crippen molar-refractivity contribution in [3.8, 4) is 0 Å². The zero-order valence-corrected chi connectivity index (χ0v) is 13.6. The molecule has 0 saturated heterocycles. The predicted molar refractivity (Wildman–Crippen MR) is 93.6 cm³/mol. The van der Waals surface area contributed by atoms with E-state index < -0.39 is 0 Å². The molecular formula is C20H25N. The van der Waals surface area contributed by atoms with Gasteiger partial charge in [0.05, 0.1) is 0 Å². The van der Waals surface area contributed by atoms with Crippen LogP contribution >= 0.6 is 0 Å². The van der Waals surface area contributed by atoms with Crippen LogP contribution in [-0.2, 0) is 6.54 Å². The minimum absolute atomic E-state index is 0.0431. The molecule has 0 spiro atoms. The third-order valence-electron chi connectivity index (χ3n) is 3.85. The van der Waals surface area contributed by atoms with E-state index in [2.05, 4.69) is 87.7 Å². The summed E-state index contributed by atoms with van der Waals surface area (Å²) < 4.78 is 0. The van der Waals surface area contributed by atoms with Gasteiger partial charge in [0.1, 0.15) is 0 Å². The molecule has 0 aliphatic rings. The summed E-state index contributed by atoms with van der Waals surface area (Å²) >= 11 is 0. The molecule has 2 aromatic carbocycles. The highest BCUT2D eigenvalue weighted by molar-refractivity contribution is 5.67. The number of rotatable bonds is 4. The van der Waals surface area contributed by atoms with Gasteiger partial charge in [-0.1, -0.05) is 55.1 Å². The summed E-state index contributed by atoms with van der Waals surface area (Å²) in [6.07, 6.45) is 1.94. The molecule has 1 heteroatoms. The summed E-state index contributed by atoms with van der Waals surface area (Å²) in [5, 5.41) is 0. The molecule has 0 aliphatic carbocycles. The molecule has 0 fully saturated rings. The molecule has 0 unspecified atom stereocenters. The van der Waals surface area contributed by atoms with Gasteiger partial charge < -0.3 is 4.90 Å². The van der Waals surface area contributed by atoms with Crippen molar-refractivity contribution in [2.75, 3.05) is 4.90 Å². The van der Waals surface area contributed by atoms with E-state index in [1.54, 1.807) is 0 Å². The first-order chi connectivity index (χ1) is 9.93. The van der Waals surface area contributed by atoms with Gasteiger partial charge in [-0.2, -0.15) is 0 Å². The molecule has 0 atom stereocenters. The average Bonchev–Trinajstić information content (AvgIpc) is 2.45. The molecule has 21 heavy (non-hydrogen) atoms. The van der Waals surface area contributed by atoms with Gasteiger partial charge in [-0.25, -0.2) is 0 Å². The quantitative estimate of drug-likeness (QED) is 0.720. The maximum absolute atomic E-state index is 3.95. The van der Waals surface area contributed by atoms with Gasteiger partial charge in [0.2, 0.25) is 0 Å². The van der Waals surface area contributed by atoms with Gasteiger partial charge in [-0.3, -0.25) is 0 Å². The van der Waals surface area contributed by atoms with Crippen LogP contribution in [0.5, 0.6) is 0 Å². The Kier molecular flexibility index (Phi) is 4.52. The fraction of sp³-hybridized carbons (Fsp3) is 0.300. The van der Waals surface area contributed by atoms with E-state index in [1.165, 1.54) is 22.4 Å². The van der Waals surface area contributed by atoms with Crippen molar-refractivity contribution < 1.29 is 0 Å². The van der Waals surface area contributed by atoms with E-state index in [0.717, 1.165) is 6.54 Å². The molecule has 0 aromatic heterocycles. The number of aryl methyl sites for hydroxylation is 1. The fourth-order valence-electron chi connectivity index (χ4n) is 2.55. The molecule has 0 heterocycles. The molecule has 0 amide bonds. The van der Waals surface area contributed by atoms with Crippen molar-refractivity contribution in [1.82, 2.24) is 0 Å². The molecule has 0 bridgehead atoms. The molecule has 2 aromatic rings. The number of nitrogens with zero attached hydrogens (tertiary/aromatic N) is 1. The van der Waals surface area contributed by atoms with Crippen LogP contribution in [0, 0.1) is 6.92 Å². The van der Waals surface area contributed by atoms with Gasteiger partial charge in [-0.15, -0.1) is 0 Å². The molecule has 110 valence electrons. The fourth-order valence-corrected chi connectivity index (χ4v) is 2.55. The Morgan fingerprint density at radius 3 is 2.24 bits per heavy atom. The molecule has 0 aliphatic heterocycles. The van der Waals surface area contributed by atoms with Gasteiger partial charge in [0, 0.05) is 17.8 Å². The molecular weight excluding hydrogens is 254 g/mol. The Morgan fingerprint density at radius 1 is 1.00 bits per heavy atom. The third-order valence-corrected chi connectivity index (χ3v) is 3.85. The van der Waals surface area contributed by atoms with Crippen LogP contribution in [0.4, 0.5) is 5.69 Å². The highest BCUT2D eigenvalue weighted by Crippen LogP contribution is 2.30. The van der Waals surface area contributed by atoms with E-state index >= 15 is 0 Å². The first-order valence-electron chi connectivity index (χ1n) is 7.47. The summed E-state index contributed by atoms with van der Waals surface area (Å²) in [6, 6.07) is 17.1. The van der Waals surface area contributed by atoms with Gasteiger partial charge in [0.25, 0.3) is 0 Å². The average molecular weight is 279 g/mol. The molecule has 0 saturated carbocycles.